The summed E-state index contributed by atoms with van der Waals surface area (Å²) in [5.74, 6) is 0.626. The summed E-state index contributed by atoms with van der Waals surface area (Å²) in [6, 6.07) is 9.03. The number of aromatic nitrogens is 2. The molecule has 0 radical (unpaired) electrons. The van der Waals surface area contributed by atoms with Crippen LogP contribution >= 0.6 is 11.6 Å². The molecule has 0 amide bonds. The molecule has 0 saturated heterocycles. The second kappa shape index (κ2) is 5.80. The van der Waals surface area contributed by atoms with Crippen LogP contribution in [0.3, 0.4) is 0 Å². The molecule has 0 saturated carbocycles. The van der Waals surface area contributed by atoms with Crippen molar-refractivity contribution in [1.82, 2.24) is 15.3 Å². The summed E-state index contributed by atoms with van der Waals surface area (Å²) < 4.78 is 0. The molecule has 1 heterocycles. The predicted molar refractivity (Wildman–Crippen MR) is 71.9 cm³/mol. The minimum atomic E-state index is -0.141. The van der Waals surface area contributed by atoms with Gasteiger partial charge in [-0.15, -0.1) is 0 Å². The van der Waals surface area contributed by atoms with Gasteiger partial charge in [-0.05, 0) is 18.7 Å². The van der Waals surface area contributed by atoms with Crippen molar-refractivity contribution in [3.8, 4) is 0 Å². The van der Waals surface area contributed by atoms with Gasteiger partial charge in [0.15, 0.2) is 0 Å². The summed E-state index contributed by atoms with van der Waals surface area (Å²) in [6.45, 7) is 0.569. The monoisotopic (exact) mass is 263 g/mol. The maximum atomic E-state index is 11.5. The summed E-state index contributed by atoms with van der Waals surface area (Å²) >= 11 is 6.08. The molecule has 18 heavy (non-hydrogen) atoms. The van der Waals surface area contributed by atoms with Crippen LogP contribution in [0, 0.1) is 0 Å². The van der Waals surface area contributed by atoms with E-state index >= 15 is 0 Å². The van der Waals surface area contributed by atoms with E-state index in [9.17, 15) is 4.79 Å². The lowest BCUT2D eigenvalue weighted by atomic mass is 10.1. The first kappa shape index (κ1) is 12.8. The number of benzene rings is 1. The Morgan fingerprint density at radius 1 is 1.39 bits per heavy atom. The summed E-state index contributed by atoms with van der Waals surface area (Å²) in [5.41, 5.74) is 1.53. The van der Waals surface area contributed by atoms with Crippen LogP contribution in [0.4, 0.5) is 0 Å². The van der Waals surface area contributed by atoms with Crippen LogP contribution in [0.1, 0.15) is 17.1 Å². The van der Waals surface area contributed by atoms with Gasteiger partial charge in [0.25, 0.3) is 5.56 Å². The third-order valence-corrected chi connectivity index (χ3v) is 2.89. The van der Waals surface area contributed by atoms with E-state index in [1.807, 2.05) is 31.3 Å². The van der Waals surface area contributed by atoms with Crippen molar-refractivity contribution in [3.63, 3.8) is 0 Å². The van der Waals surface area contributed by atoms with Crippen LogP contribution in [0.5, 0.6) is 0 Å². The quantitative estimate of drug-likeness (QED) is 0.883. The Labute approximate surface area is 110 Å². The highest BCUT2D eigenvalue weighted by Gasteiger charge is 2.05. The predicted octanol–water partition coefficient (Wildman–Crippen LogP) is 1.73. The SMILES string of the molecule is CNCc1cc(=O)[nH]c(Cc2ccccc2Cl)n1. The van der Waals surface area contributed by atoms with Crippen LogP contribution in [0.25, 0.3) is 0 Å². The molecule has 1 aromatic carbocycles. The van der Waals surface area contributed by atoms with Crippen molar-refractivity contribution in [2.45, 2.75) is 13.0 Å². The van der Waals surface area contributed by atoms with Crippen molar-refractivity contribution in [1.29, 1.82) is 0 Å². The van der Waals surface area contributed by atoms with Crippen molar-refractivity contribution in [2.24, 2.45) is 0 Å². The van der Waals surface area contributed by atoms with Crippen molar-refractivity contribution in [3.05, 3.63) is 62.8 Å². The van der Waals surface area contributed by atoms with Crippen molar-refractivity contribution >= 4 is 11.6 Å². The lowest BCUT2D eigenvalue weighted by Gasteiger charge is -2.05. The topological polar surface area (TPSA) is 57.8 Å². The zero-order valence-electron chi connectivity index (χ0n) is 10.0. The molecule has 4 nitrogen and oxygen atoms in total. The molecule has 1 aromatic heterocycles. The van der Waals surface area contributed by atoms with Gasteiger partial charge in [0, 0.05) is 24.1 Å². The fourth-order valence-electron chi connectivity index (χ4n) is 1.74. The van der Waals surface area contributed by atoms with Crippen LogP contribution in [0.15, 0.2) is 35.1 Å². The van der Waals surface area contributed by atoms with Gasteiger partial charge >= 0.3 is 0 Å². The van der Waals surface area contributed by atoms with Crippen molar-refractivity contribution < 1.29 is 0 Å². The molecule has 0 aliphatic carbocycles. The first-order valence-corrected chi connectivity index (χ1v) is 6.04. The number of nitrogens with one attached hydrogen (secondary N) is 2. The first-order chi connectivity index (χ1) is 8.69. The van der Waals surface area contributed by atoms with Crippen LogP contribution in [0.2, 0.25) is 5.02 Å². The van der Waals surface area contributed by atoms with Gasteiger partial charge in [-0.3, -0.25) is 4.79 Å². The lowest BCUT2D eigenvalue weighted by Crippen LogP contribution is -2.16. The molecule has 0 spiro atoms. The highest BCUT2D eigenvalue weighted by atomic mass is 35.5. The molecule has 2 rings (SSSR count). The molecule has 2 aromatic rings. The fraction of sp³-hybridized carbons (Fsp3) is 0.231. The molecule has 0 atom stereocenters. The van der Waals surface area contributed by atoms with Gasteiger partial charge in [0.1, 0.15) is 5.82 Å². The molecule has 0 fully saturated rings. The number of halogens is 1. The summed E-state index contributed by atoms with van der Waals surface area (Å²) in [5, 5.41) is 3.65. The van der Waals surface area contributed by atoms with E-state index in [0.29, 0.717) is 23.8 Å². The Morgan fingerprint density at radius 2 is 2.17 bits per heavy atom. The Balaban J connectivity index is 2.29. The van der Waals surface area contributed by atoms with Gasteiger partial charge in [0.05, 0.1) is 5.69 Å². The second-order valence-corrected chi connectivity index (χ2v) is 4.39. The summed E-state index contributed by atoms with van der Waals surface area (Å²) in [6.07, 6.45) is 0.520. The largest absolute Gasteiger partial charge is 0.314 e. The molecule has 0 aliphatic heterocycles. The number of hydrogen-bond donors (Lipinski definition) is 2. The molecule has 0 aliphatic rings. The Kier molecular flexibility index (Phi) is 4.12. The number of aromatic amines is 1. The average molecular weight is 264 g/mol. The highest BCUT2D eigenvalue weighted by molar-refractivity contribution is 6.31. The number of hydrogen-bond acceptors (Lipinski definition) is 3. The van der Waals surface area contributed by atoms with Gasteiger partial charge in [-0.1, -0.05) is 29.8 Å². The lowest BCUT2D eigenvalue weighted by molar-refractivity contribution is 0.767. The van der Waals surface area contributed by atoms with E-state index in [1.165, 1.54) is 6.07 Å². The average Bonchev–Trinajstić information content (AvgIpc) is 2.32. The molecular weight excluding hydrogens is 250 g/mol. The van der Waals surface area contributed by atoms with E-state index in [0.717, 1.165) is 11.3 Å². The van der Waals surface area contributed by atoms with Crippen LogP contribution < -0.4 is 10.9 Å². The Bertz CT molecular complexity index is 595. The van der Waals surface area contributed by atoms with E-state index in [1.54, 1.807) is 0 Å². The molecular formula is C13H14ClN3O. The number of nitrogens with zero attached hydrogens (tertiary/aromatic N) is 1. The molecule has 94 valence electrons. The van der Waals surface area contributed by atoms with Gasteiger partial charge in [0.2, 0.25) is 0 Å². The highest BCUT2D eigenvalue weighted by Crippen LogP contribution is 2.16. The molecule has 5 heteroatoms. The van der Waals surface area contributed by atoms with Gasteiger partial charge < -0.3 is 10.3 Å². The summed E-state index contributed by atoms with van der Waals surface area (Å²) in [4.78, 5) is 18.6. The van der Waals surface area contributed by atoms with Crippen molar-refractivity contribution in [2.75, 3.05) is 7.05 Å². The Hall–Kier alpha value is -1.65. The van der Waals surface area contributed by atoms with Gasteiger partial charge in [-0.2, -0.15) is 0 Å². The van der Waals surface area contributed by atoms with E-state index in [2.05, 4.69) is 15.3 Å². The molecule has 0 bridgehead atoms. The minimum Gasteiger partial charge on any atom is -0.314 e. The third-order valence-electron chi connectivity index (χ3n) is 2.52. The smallest absolute Gasteiger partial charge is 0.251 e. The van der Waals surface area contributed by atoms with E-state index < -0.39 is 0 Å². The molecule has 2 N–H and O–H groups in total. The van der Waals surface area contributed by atoms with E-state index in [4.69, 9.17) is 11.6 Å². The maximum absolute atomic E-state index is 11.5. The van der Waals surface area contributed by atoms with Gasteiger partial charge in [-0.25, -0.2) is 4.98 Å². The summed E-state index contributed by atoms with van der Waals surface area (Å²) in [7, 11) is 1.82. The zero-order chi connectivity index (χ0) is 13.0. The number of H-pyrrole nitrogens is 1. The standard InChI is InChI=1S/C13H14ClN3O/c1-15-8-10-7-13(18)17-12(16-10)6-9-4-2-3-5-11(9)14/h2-5,7,15H,6,8H2,1H3,(H,16,17,18). The zero-order valence-corrected chi connectivity index (χ0v) is 10.8. The Morgan fingerprint density at radius 3 is 2.89 bits per heavy atom. The minimum absolute atomic E-state index is 0.141. The normalized spacial score (nSPS) is 10.6. The maximum Gasteiger partial charge on any atom is 0.251 e. The van der Waals surface area contributed by atoms with Crippen LogP contribution in [-0.4, -0.2) is 17.0 Å². The second-order valence-electron chi connectivity index (χ2n) is 3.98. The number of rotatable bonds is 4. The first-order valence-electron chi connectivity index (χ1n) is 5.66. The third kappa shape index (κ3) is 3.18. The molecule has 0 unspecified atom stereocenters. The van der Waals surface area contributed by atoms with Crippen LogP contribution in [-0.2, 0) is 13.0 Å². The van der Waals surface area contributed by atoms with E-state index in [-0.39, 0.29) is 5.56 Å². The fourth-order valence-corrected chi connectivity index (χ4v) is 1.94.